The van der Waals surface area contributed by atoms with Gasteiger partial charge >= 0.3 is 0 Å². The van der Waals surface area contributed by atoms with E-state index < -0.39 is 0 Å². The Labute approximate surface area is 123 Å². The van der Waals surface area contributed by atoms with Crippen LogP contribution >= 0.6 is 23.4 Å². The van der Waals surface area contributed by atoms with Gasteiger partial charge in [-0.15, -0.1) is 11.8 Å². The summed E-state index contributed by atoms with van der Waals surface area (Å²) in [5.74, 6) is 0.265. The molecule has 1 N–H and O–H groups in total. The van der Waals surface area contributed by atoms with E-state index in [0.29, 0.717) is 22.9 Å². The molecule has 1 amide bonds. The first-order valence-corrected chi connectivity index (χ1v) is 7.65. The van der Waals surface area contributed by atoms with Gasteiger partial charge in [-0.05, 0) is 25.5 Å². The molecule has 0 radical (unpaired) electrons. The van der Waals surface area contributed by atoms with Crippen molar-refractivity contribution in [1.82, 2.24) is 5.32 Å². The van der Waals surface area contributed by atoms with Crippen molar-refractivity contribution in [3.8, 4) is 0 Å². The zero-order chi connectivity index (χ0) is 14.3. The lowest BCUT2D eigenvalue weighted by Crippen LogP contribution is -2.27. The lowest BCUT2D eigenvalue weighted by Gasteiger charge is -2.10. The van der Waals surface area contributed by atoms with E-state index in [-0.39, 0.29) is 16.9 Å². The van der Waals surface area contributed by atoms with Crippen LogP contribution in [0.2, 0.25) is 5.02 Å². The van der Waals surface area contributed by atoms with E-state index in [9.17, 15) is 9.59 Å². The van der Waals surface area contributed by atoms with Crippen LogP contribution in [0.15, 0.2) is 24.3 Å². The SMILES string of the molecule is CCCNC(=O)CSC(C)C(=O)c1cccc(Cl)c1. The predicted octanol–water partition coefficient (Wildman–Crippen LogP) is 3.17. The van der Waals surface area contributed by atoms with Crippen molar-refractivity contribution >= 4 is 35.1 Å². The quantitative estimate of drug-likeness (QED) is 0.787. The number of thioether (sulfide) groups is 1. The second-order valence-corrected chi connectivity index (χ2v) is 5.94. The minimum Gasteiger partial charge on any atom is -0.355 e. The van der Waals surface area contributed by atoms with Crippen molar-refractivity contribution in [2.45, 2.75) is 25.5 Å². The maximum absolute atomic E-state index is 12.1. The van der Waals surface area contributed by atoms with E-state index in [1.54, 1.807) is 31.2 Å². The van der Waals surface area contributed by atoms with Gasteiger partial charge in [-0.2, -0.15) is 0 Å². The largest absolute Gasteiger partial charge is 0.355 e. The van der Waals surface area contributed by atoms with Gasteiger partial charge in [0.05, 0.1) is 11.0 Å². The van der Waals surface area contributed by atoms with Gasteiger partial charge in [0.25, 0.3) is 0 Å². The Kier molecular flexibility index (Phi) is 6.95. The summed E-state index contributed by atoms with van der Waals surface area (Å²) >= 11 is 7.19. The van der Waals surface area contributed by atoms with Crippen molar-refractivity contribution in [1.29, 1.82) is 0 Å². The molecular formula is C14H18ClNO2S. The molecule has 5 heteroatoms. The third-order valence-corrected chi connectivity index (χ3v) is 3.89. The molecule has 0 aliphatic rings. The molecule has 0 saturated carbocycles. The maximum Gasteiger partial charge on any atom is 0.230 e. The van der Waals surface area contributed by atoms with Crippen LogP contribution in [-0.2, 0) is 4.79 Å². The van der Waals surface area contributed by atoms with E-state index in [4.69, 9.17) is 11.6 Å². The van der Waals surface area contributed by atoms with Crippen molar-refractivity contribution in [2.24, 2.45) is 0 Å². The summed E-state index contributed by atoms with van der Waals surface area (Å²) in [5, 5.41) is 3.07. The van der Waals surface area contributed by atoms with Gasteiger partial charge in [-0.3, -0.25) is 9.59 Å². The molecule has 0 spiro atoms. The first kappa shape index (κ1) is 16.1. The fourth-order valence-corrected chi connectivity index (χ4v) is 2.45. The van der Waals surface area contributed by atoms with Crippen molar-refractivity contribution < 1.29 is 9.59 Å². The van der Waals surface area contributed by atoms with E-state index in [0.717, 1.165) is 6.42 Å². The minimum atomic E-state index is -0.258. The summed E-state index contributed by atoms with van der Waals surface area (Å²) in [6.45, 7) is 4.48. The number of carbonyl (C=O) groups excluding carboxylic acids is 2. The highest BCUT2D eigenvalue weighted by Gasteiger charge is 2.17. The summed E-state index contributed by atoms with van der Waals surface area (Å²) in [6.07, 6.45) is 0.910. The van der Waals surface area contributed by atoms with Crippen molar-refractivity contribution in [3.05, 3.63) is 34.9 Å². The number of ketones is 1. The number of amides is 1. The van der Waals surface area contributed by atoms with Gasteiger partial charge < -0.3 is 5.32 Å². The Morgan fingerprint density at radius 1 is 1.42 bits per heavy atom. The van der Waals surface area contributed by atoms with Crippen LogP contribution in [-0.4, -0.2) is 29.2 Å². The molecule has 1 rings (SSSR count). The first-order chi connectivity index (χ1) is 9.04. The molecule has 0 fully saturated rings. The molecule has 19 heavy (non-hydrogen) atoms. The van der Waals surface area contributed by atoms with Crippen LogP contribution < -0.4 is 5.32 Å². The molecule has 3 nitrogen and oxygen atoms in total. The molecule has 0 aliphatic heterocycles. The van der Waals surface area contributed by atoms with Crippen LogP contribution in [0.25, 0.3) is 0 Å². The average molecular weight is 300 g/mol. The summed E-state index contributed by atoms with van der Waals surface area (Å²) in [6, 6.07) is 6.87. The highest BCUT2D eigenvalue weighted by molar-refractivity contribution is 8.01. The summed E-state index contributed by atoms with van der Waals surface area (Å²) in [4.78, 5) is 23.6. The van der Waals surface area contributed by atoms with E-state index in [1.807, 2.05) is 6.92 Å². The summed E-state index contributed by atoms with van der Waals surface area (Å²) in [5.41, 5.74) is 0.585. The Hall–Kier alpha value is -1.00. The topological polar surface area (TPSA) is 46.2 Å². The first-order valence-electron chi connectivity index (χ1n) is 6.22. The van der Waals surface area contributed by atoms with Gasteiger partial charge in [0.15, 0.2) is 5.78 Å². The number of hydrogen-bond acceptors (Lipinski definition) is 3. The average Bonchev–Trinajstić information content (AvgIpc) is 2.41. The Morgan fingerprint density at radius 2 is 2.16 bits per heavy atom. The number of rotatable bonds is 7. The number of Topliss-reactive ketones (excluding diaryl/α,β-unsaturated/α-hetero) is 1. The number of carbonyl (C=O) groups is 2. The number of benzene rings is 1. The Balaban J connectivity index is 2.47. The fraction of sp³-hybridized carbons (Fsp3) is 0.429. The van der Waals surface area contributed by atoms with Crippen LogP contribution in [0.4, 0.5) is 0 Å². The second-order valence-electron chi connectivity index (χ2n) is 4.18. The smallest absolute Gasteiger partial charge is 0.230 e. The second kappa shape index (κ2) is 8.23. The minimum absolute atomic E-state index is 0.00390. The van der Waals surface area contributed by atoms with Crippen LogP contribution in [0.5, 0.6) is 0 Å². The third-order valence-electron chi connectivity index (χ3n) is 2.51. The van der Waals surface area contributed by atoms with E-state index in [2.05, 4.69) is 5.32 Å². The van der Waals surface area contributed by atoms with Gasteiger partial charge in [0.2, 0.25) is 5.91 Å². The molecule has 1 aromatic rings. The molecular weight excluding hydrogens is 282 g/mol. The Morgan fingerprint density at radius 3 is 2.79 bits per heavy atom. The molecule has 1 unspecified atom stereocenters. The monoisotopic (exact) mass is 299 g/mol. The van der Waals surface area contributed by atoms with E-state index in [1.165, 1.54) is 11.8 Å². The standard InChI is InChI=1S/C14H18ClNO2S/c1-3-7-16-13(17)9-19-10(2)14(18)11-5-4-6-12(15)8-11/h4-6,8,10H,3,7,9H2,1-2H3,(H,16,17). The van der Waals surface area contributed by atoms with Gasteiger partial charge in [-0.25, -0.2) is 0 Å². The number of halogens is 1. The normalized spacial score (nSPS) is 11.9. The van der Waals surface area contributed by atoms with E-state index >= 15 is 0 Å². The lowest BCUT2D eigenvalue weighted by molar-refractivity contribution is -0.118. The molecule has 104 valence electrons. The molecule has 0 bridgehead atoms. The lowest BCUT2D eigenvalue weighted by atomic mass is 10.1. The third kappa shape index (κ3) is 5.66. The predicted molar refractivity (Wildman–Crippen MR) is 81.0 cm³/mol. The molecule has 1 aromatic carbocycles. The molecule has 1 atom stereocenters. The summed E-state index contributed by atoms with van der Waals surface area (Å²) in [7, 11) is 0. The van der Waals surface area contributed by atoms with Gasteiger partial charge in [0, 0.05) is 17.1 Å². The molecule has 0 saturated heterocycles. The number of hydrogen-bond donors (Lipinski definition) is 1. The Bertz CT molecular complexity index is 451. The molecule has 0 heterocycles. The summed E-state index contributed by atoms with van der Waals surface area (Å²) < 4.78 is 0. The maximum atomic E-state index is 12.1. The zero-order valence-corrected chi connectivity index (χ0v) is 12.7. The molecule has 0 aromatic heterocycles. The number of nitrogens with one attached hydrogen (secondary N) is 1. The van der Waals surface area contributed by atoms with Crippen LogP contribution in [0.3, 0.4) is 0 Å². The zero-order valence-electron chi connectivity index (χ0n) is 11.1. The van der Waals surface area contributed by atoms with Crippen LogP contribution in [0, 0.1) is 0 Å². The molecule has 0 aliphatic carbocycles. The highest BCUT2D eigenvalue weighted by Crippen LogP contribution is 2.18. The van der Waals surface area contributed by atoms with Gasteiger partial charge in [0.1, 0.15) is 0 Å². The van der Waals surface area contributed by atoms with Crippen molar-refractivity contribution in [2.75, 3.05) is 12.3 Å². The van der Waals surface area contributed by atoms with Crippen molar-refractivity contribution in [3.63, 3.8) is 0 Å². The fourth-order valence-electron chi connectivity index (χ4n) is 1.47. The highest BCUT2D eigenvalue weighted by atomic mass is 35.5. The van der Waals surface area contributed by atoms with Crippen LogP contribution in [0.1, 0.15) is 30.6 Å². The van der Waals surface area contributed by atoms with Gasteiger partial charge in [-0.1, -0.05) is 30.7 Å².